The Kier molecular flexibility index (Phi) is 6.84. The van der Waals surface area contributed by atoms with E-state index in [0.29, 0.717) is 0 Å². The van der Waals surface area contributed by atoms with Gasteiger partial charge in [-0.1, -0.05) is 24.3 Å². The molecule has 32 heavy (non-hydrogen) atoms. The minimum atomic E-state index is -4.52. The van der Waals surface area contributed by atoms with Crippen molar-refractivity contribution in [2.24, 2.45) is 0 Å². The summed E-state index contributed by atoms with van der Waals surface area (Å²) in [4.78, 5) is 24.1. The Bertz CT molecular complexity index is 1210. The van der Waals surface area contributed by atoms with Gasteiger partial charge < -0.3 is 0 Å². The highest BCUT2D eigenvalue weighted by atomic mass is 32.2. The predicted octanol–water partition coefficient (Wildman–Crippen LogP) is 3.57. The molecule has 0 aliphatic carbocycles. The van der Waals surface area contributed by atoms with Crippen LogP contribution in [0.25, 0.3) is 0 Å². The van der Waals surface area contributed by atoms with Gasteiger partial charge in [0.05, 0.1) is 12.0 Å². The van der Waals surface area contributed by atoms with Crippen molar-refractivity contribution in [1.82, 2.24) is 10.9 Å². The van der Waals surface area contributed by atoms with Crippen LogP contribution < -0.4 is 15.6 Å². The largest absolute Gasteiger partial charge is 0.416 e. The maximum absolute atomic E-state index is 12.7. The maximum atomic E-state index is 12.7. The number of hydrazine groups is 1. The van der Waals surface area contributed by atoms with Gasteiger partial charge in [-0.05, 0) is 47.3 Å². The number of thiophene rings is 1. The number of amides is 2. The summed E-state index contributed by atoms with van der Waals surface area (Å²) in [6, 6.07) is 12.8. The normalized spacial score (nSPS) is 11.6. The second-order valence-electron chi connectivity index (χ2n) is 6.49. The van der Waals surface area contributed by atoms with Crippen LogP contribution >= 0.6 is 11.3 Å². The second kappa shape index (κ2) is 9.40. The number of hydrogen-bond donors (Lipinski definition) is 3. The van der Waals surface area contributed by atoms with Crippen molar-refractivity contribution >= 4 is 38.9 Å². The number of benzene rings is 2. The Morgan fingerprint density at radius 3 is 2.28 bits per heavy atom. The van der Waals surface area contributed by atoms with Gasteiger partial charge in [-0.3, -0.25) is 25.2 Å². The van der Waals surface area contributed by atoms with Gasteiger partial charge in [0, 0.05) is 11.3 Å². The van der Waals surface area contributed by atoms with E-state index in [1.807, 2.05) is 0 Å². The standard InChI is InChI=1S/C20H16F3N3O4S2/c21-20(22,23)15-4-1-3-13(11-15)12-17(27)24-25-19(28)14-6-8-16(9-7-14)26-32(29,30)18-5-2-10-31-18/h1-11,26H,12H2,(H,24,27)(H,25,28). The highest BCUT2D eigenvalue weighted by Gasteiger charge is 2.30. The lowest BCUT2D eigenvalue weighted by Gasteiger charge is -2.10. The zero-order valence-corrected chi connectivity index (χ0v) is 17.8. The van der Waals surface area contributed by atoms with E-state index in [1.165, 1.54) is 42.5 Å². The Balaban J connectivity index is 1.54. The summed E-state index contributed by atoms with van der Waals surface area (Å²) in [5.41, 5.74) is 3.91. The summed E-state index contributed by atoms with van der Waals surface area (Å²) < 4.78 is 65.1. The quantitative estimate of drug-likeness (QED) is 0.466. The monoisotopic (exact) mass is 483 g/mol. The molecule has 168 valence electrons. The lowest BCUT2D eigenvalue weighted by atomic mass is 10.1. The first-order valence-corrected chi connectivity index (χ1v) is 11.3. The first-order chi connectivity index (χ1) is 15.0. The Morgan fingerprint density at radius 1 is 0.938 bits per heavy atom. The van der Waals surface area contributed by atoms with Crippen molar-refractivity contribution in [2.75, 3.05) is 4.72 Å². The van der Waals surface area contributed by atoms with E-state index in [9.17, 15) is 31.2 Å². The molecule has 0 aliphatic heterocycles. The highest BCUT2D eigenvalue weighted by molar-refractivity contribution is 7.94. The van der Waals surface area contributed by atoms with Gasteiger partial charge in [0.15, 0.2) is 0 Å². The molecule has 2 amide bonds. The van der Waals surface area contributed by atoms with E-state index in [0.717, 1.165) is 23.5 Å². The molecule has 0 fully saturated rings. The number of sulfonamides is 1. The van der Waals surface area contributed by atoms with Crippen molar-refractivity contribution in [2.45, 2.75) is 16.8 Å². The highest BCUT2D eigenvalue weighted by Crippen LogP contribution is 2.29. The molecule has 0 saturated heterocycles. The molecule has 0 radical (unpaired) electrons. The molecule has 0 spiro atoms. The van der Waals surface area contributed by atoms with E-state index in [4.69, 9.17) is 0 Å². The van der Waals surface area contributed by atoms with E-state index in [-0.39, 0.29) is 27.4 Å². The van der Waals surface area contributed by atoms with Crippen LogP contribution in [0, 0.1) is 0 Å². The molecule has 3 rings (SSSR count). The fourth-order valence-corrected chi connectivity index (χ4v) is 4.65. The summed E-state index contributed by atoms with van der Waals surface area (Å²) in [7, 11) is -3.73. The van der Waals surface area contributed by atoms with E-state index >= 15 is 0 Å². The molecule has 0 atom stereocenters. The van der Waals surface area contributed by atoms with Crippen molar-refractivity contribution in [3.05, 3.63) is 82.7 Å². The van der Waals surface area contributed by atoms with Gasteiger partial charge in [-0.25, -0.2) is 8.42 Å². The molecule has 1 heterocycles. The van der Waals surface area contributed by atoms with E-state index < -0.39 is 33.6 Å². The molecular weight excluding hydrogens is 467 g/mol. The van der Waals surface area contributed by atoms with Crippen LogP contribution in [0.5, 0.6) is 0 Å². The zero-order valence-electron chi connectivity index (χ0n) is 16.1. The maximum Gasteiger partial charge on any atom is 0.416 e. The summed E-state index contributed by atoms with van der Waals surface area (Å²) in [6.07, 6.45) is -4.89. The van der Waals surface area contributed by atoms with Crippen LogP contribution in [0.2, 0.25) is 0 Å². The molecule has 0 unspecified atom stereocenters. The molecule has 7 nitrogen and oxygen atoms in total. The SMILES string of the molecule is O=C(Cc1cccc(C(F)(F)F)c1)NNC(=O)c1ccc(NS(=O)(=O)c2cccs2)cc1. The third-order valence-corrected chi connectivity index (χ3v) is 6.87. The van der Waals surface area contributed by atoms with Crippen molar-refractivity contribution in [3.8, 4) is 0 Å². The second-order valence-corrected chi connectivity index (χ2v) is 9.35. The average Bonchev–Trinajstić information content (AvgIpc) is 3.28. The lowest BCUT2D eigenvalue weighted by Crippen LogP contribution is -2.42. The zero-order chi connectivity index (χ0) is 23.4. The first kappa shape index (κ1) is 23.3. The van der Waals surface area contributed by atoms with Crippen molar-refractivity contribution in [1.29, 1.82) is 0 Å². The molecule has 2 aromatic carbocycles. The smallest absolute Gasteiger partial charge is 0.279 e. The predicted molar refractivity (Wildman–Crippen MR) is 112 cm³/mol. The van der Waals surface area contributed by atoms with Crippen LogP contribution in [0.3, 0.4) is 0 Å². The lowest BCUT2D eigenvalue weighted by molar-refractivity contribution is -0.137. The van der Waals surface area contributed by atoms with Gasteiger partial charge in [0.25, 0.3) is 15.9 Å². The topological polar surface area (TPSA) is 104 Å². The molecule has 12 heteroatoms. The average molecular weight is 483 g/mol. The molecule has 0 saturated carbocycles. The Morgan fingerprint density at radius 2 is 1.66 bits per heavy atom. The third kappa shape index (κ3) is 6.08. The van der Waals surface area contributed by atoms with Gasteiger partial charge >= 0.3 is 6.18 Å². The van der Waals surface area contributed by atoms with E-state index in [1.54, 1.807) is 11.4 Å². The van der Waals surface area contributed by atoms with Crippen LogP contribution in [0.1, 0.15) is 21.5 Å². The number of hydrogen-bond acceptors (Lipinski definition) is 5. The van der Waals surface area contributed by atoms with Crippen LogP contribution in [0.4, 0.5) is 18.9 Å². The molecular formula is C20H16F3N3O4S2. The first-order valence-electron chi connectivity index (χ1n) is 8.96. The number of rotatable bonds is 6. The van der Waals surface area contributed by atoms with Gasteiger partial charge in [-0.2, -0.15) is 13.2 Å². The van der Waals surface area contributed by atoms with Crippen LogP contribution in [-0.4, -0.2) is 20.2 Å². The molecule has 0 aliphatic rings. The van der Waals surface area contributed by atoms with Crippen molar-refractivity contribution in [3.63, 3.8) is 0 Å². The molecule has 0 bridgehead atoms. The number of alkyl halides is 3. The number of nitrogens with one attached hydrogen (secondary N) is 3. The summed E-state index contributed by atoms with van der Waals surface area (Å²) in [6.45, 7) is 0. The summed E-state index contributed by atoms with van der Waals surface area (Å²) in [5, 5.41) is 1.63. The van der Waals surface area contributed by atoms with Gasteiger partial charge in [0.1, 0.15) is 4.21 Å². The van der Waals surface area contributed by atoms with Gasteiger partial charge in [-0.15, -0.1) is 11.3 Å². The number of carbonyl (C=O) groups is 2. The molecule has 3 N–H and O–H groups in total. The number of halogens is 3. The number of anilines is 1. The Labute approximate surface area is 185 Å². The van der Waals surface area contributed by atoms with Gasteiger partial charge in [0.2, 0.25) is 5.91 Å². The molecule has 3 aromatic rings. The minimum absolute atomic E-state index is 0.128. The Hall–Kier alpha value is -3.38. The fourth-order valence-electron chi connectivity index (χ4n) is 2.60. The number of carbonyl (C=O) groups excluding carboxylic acids is 2. The fraction of sp³-hybridized carbons (Fsp3) is 0.100. The summed E-state index contributed by atoms with van der Waals surface area (Å²) >= 11 is 1.06. The van der Waals surface area contributed by atoms with E-state index in [2.05, 4.69) is 15.6 Å². The van der Waals surface area contributed by atoms with Crippen molar-refractivity contribution < 1.29 is 31.2 Å². The third-order valence-electron chi connectivity index (χ3n) is 4.09. The van der Waals surface area contributed by atoms with Crippen LogP contribution in [-0.2, 0) is 27.4 Å². The minimum Gasteiger partial charge on any atom is -0.279 e. The van der Waals surface area contributed by atoms with Crippen LogP contribution in [0.15, 0.2) is 70.3 Å². The molecule has 1 aromatic heterocycles. The summed E-state index contributed by atoms with van der Waals surface area (Å²) in [5.74, 6) is -1.40.